The van der Waals surface area contributed by atoms with Gasteiger partial charge in [-0.05, 0) is 62.5 Å². The zero-order chi connectivity index (χ0) is 16.0. The molecule has 0 aromatic heterocycles. The van der Waals surface area contributed by atoms with Crippen LogP contribution in [0.15, 0.2) is 18.2 Å². The summed E-state index contributed by atoms with van der Waals surface area (Å²) in [6.45, 7) is 3.59. The molecule has 1 aliphatic rings. The number of nitrogens with one attached hydrogen (secondary N) is 1. The van der Waals surface area contributed by atoms with Crippen molar-refractivity contribution in [2.75, 3.05) is 19.7 Å². The molecule has 0 aliphatic carbocycles. The Balaban J connectivity index is 0.00000264. The second-order valence-electron chi connectivity index (χ2n) is 5.55. The second kappa shape index (κ2) is 8.85. The predicted molar refractivity (Wildman–Crippen MR) is 88.0 cm³/mol. The Hall–Kier alpha value is -1.64. The lowest BCUT2D eigenvalue weighted by atomic mass is 9.72. The van der Waals surface area contributed by atoms with Crippen LogP contribution >= 0.6 is 12.4 Å². The minimum Gasteiger partial charge on any atom is -0.466 e. The minimum absolute atomic E-state index is 0. The van der Waals surface area contributed by atoms with E-state index in [1.54, 1.807) is 13.0 Å². The number of esters is 1. The van der Waals surface area contributed by atoms with Crippen LogP contribution in [0.5, 0.6) is 0 Å². The summed E-state index contributed by atoms with van der Waals surface area (Å²) in [6, 6.07) is 6.92. The molecule has 4 nitrogen and oxygen atoms in total. The van der Waals surface area contributed by atoms with Crippen molar-refractivity contribution in [2.45, 2.75) is 38.0 Å². The van der Waals surface area contributed by atoms with Crippen molar-refractivity contribution < 1.29 is 13.9 Å². The van der Waals surface area contributed by atoms with E-state index in [1.165, 1.54) is 12.1 Å². The molecule has 126 valence electrons. The first-order chi connectivity index (χ1) is 10.6. The number of carbonyl (C=O) groups is 1. The molecule has 0 atom stereocenters. The van der Waals surface area contributed by atoms with E-state index in [9.17, 15) is 14.4 Å². The summed E-state index contributed by atoms with van der Waals surface area (Å²) < 4.78 is 18.6. The third-order valence-electron chi connectivity index (χ3n) is 4.16. The maximum Gasteiger partial charge on any atom is 0.306 e. The van der Waals surface area contributed by atoms with Gasteiger partial charge in [0.1, 0.15) is 5.82 Å². The standard InChI is InChI=1S/C17H21FN2O2.ClH/c1-2-22-16(21)6-4-13-3-5-14(18)11-15(13)17(12-19)7-9-20-10-8-17;/h3,5,11,20H,2,4,6-10H2,1H3;1H. The summed E-state index contributed by atoms with van der Waals surface area (Å²) in [6.07, 6.45) is 2.01. The highest BCUT2D eigenvalue weighted by Crippen LogP contribution is 2.36. The molecule has 2 rings (SSSR count). The molecule has 1 saturated heterocycles. The van der Waals surface area contributed by atoms with Gasteiger partial charge in [0, 0.05) is 6.42 Å². The van der Waals surface area contributed by atoms with E-state index in [2.05, 4.69) is 11.4 Å². The third kappa shape index (κ3) is 4.66. The topological polar surface area (TPSA) is 62.1 Å². The van der Waals surface area contributed by atoms with Crippen molar-refractivity contribution in [1.29, 1.82) is 5.26 Å². The predicted octanol–water partition coefficient (Wildman–Crippen LogP) is 2.89. The van der Waals surface area contributed by atoms with Gasteiger partial charge in [-0.2, -0.15) is 5.26 Å². The zero-order valence-electron chi connectivity index (χ0n) is 13.2. The first kappa shape index (κ1) is 19.4. The average molecular weight is 341 g/mol. The molecule has 1 aromatic rings. The van der Waals surface area contributed by atoms with Crippen LogP contribution in [0, 0.1) is 17.1 Å². The molecular formula is C17H22ClFN2O2. The van der Waals surface area contributed by atoms with Gasteiger partial charge in [-0.15, -0.1) is 12.4 Å². The molecule has 0 spiro atoms. The molecule has 0 radical (unpaired) electrons. The van der Waals surface area contributed by atoms with Gasteiger partial charge in [-0.25, -0.2) is 4.39 Å². The molecule has 1 fully saturated rings. The molecule has 1 aromatic carbocycles. The fraction of sp³-hybridized carbons (Fsp3) is 0.529. The second-order valence-corrected chi connectivity index (χ2v) is 5.55. The number of benzene rings is 1. The number of rotatable bonds is 5. The van der Waals surface area contributed by atoms with Crippen LogP contribution in [0.3, 0.4) is 0 Å². The highest BCUT2D eigenvalue weighted by atomic mass is 35.5. The Morgan fingerprint density at radius 3 is 2.74 bits per heavy atom. The van der Waals surface area contributed by atoms with Gasteiger partial charge in [0.05, 0.1) is 18.1 Å². The number of hydrogen-bond acceptors (Lipinski definition) is 4. The fourth-order valence-corrected chi connectivity index (χ4v) is 2.98. The summed E-state index contributed by atoms with van der Waals surface area (Å²) >= 11 is 0. The molecule has 0 unspecified atom stereocenters. The maximum absolute atomic E-state index is 13.7. The molecule has 1 aliphatic heterocycles. The Labute approximate surface area is 142 Å². The van der Waals surface area contributed by atoms with E-state index >= 15 is 0 Å². The molecule has 1 heterocycles. The van der Waals surface area contributed by atoms with Crippen molar-refractivity contribution in [2.24, 2.45) is 0 Å². The normalized spacial score (nSPS) is 16.0. The lowest BCUT2D eigenvalue weighted by Crippen LogP contribution is -2.39. The molecule has 0 saturated carbocycles. The average Bonchev–Trinajstić information content (AvgIpc) is 2.54. The molecular weight excluding hydrogens is 319 g/mol. The van der Waals surface area contributed by atoms with Gasteiger partial charge in [-0.3, -0.25) is 4.79 Å². The lowest BCUT2D eigenvalue weighted by Gasteiger charge is -2.33. The van der Waals surface area contributed by atoms with Crippen LogP contribution in [-0.2, 0) is 21.4 Å². The molecule has 0 amide bonds. The Bertz CT molecular complexity index is 580. The van der Waals surface area contributed by atoms with Crippen molar-refractivity contribution in [3.8, 4) is 6.07 Å². The number of aryl methyl sites for hydroxylation is 1. The number of carbonyl (C=O) groups excluding carboxylic acids is 1. The van der Waals surface area contributed by atoms with Crippen LogP contribution in [0.2, 0.25) is 0 Å². The summed E-state index contributed by atoms with van der Waals surface area (Å²) in [5, 5.41) is 12.9. The maximum atomic E-state index is 13.7. The van der Waals surface area contributed by atoms with Gasteiger partial charge < -0.3 is 10.1 Å². The van der Waals surface area contributed by atoms with Gasteiger partial charge in [-0.1, -0.05) is 6.07 Å². The van der Waals surface area contributed by atoms with Crippen molar-refractivity contribution in [3.05, 3.63) is 35.1 Å². The Kier molecular flexibility index (Phi) is 7.47. The quantitative estimate of drug-likeness (QED) is 0.837. The van der Waals surface area contributed by atoms with E-state index in [4.69, 9.17) is 4.74 Å². The molecule has 0 bridgehead atoms. The minimum atomic E-state index is -0.669. The number of piperidine rings is 1. The number of hydrogen-bond donors (Lipinski definition) is 1. The summed E-state index contributed by atoms with van der Waals surface area (Å²) in [5.74, 6) is -0.614. The highest BCUT2D eigenvalue weighted by molar-refractivity contribution is 5.85. The Morgan fingerprint density at radius 1 is 1.43 bits per heavy atom. The van der Waals surface area contributed by atoms with E-state index in [0.29, 0.717) is 25.9 Å². The number of nitriles is 1. The number of halogens is 2. The first-order valence-corrected chi connectivity index (χ1v) is 7.68. The van der Waals surface area contributed by atoms with E-state index in [1.807, 2.05) is 0 Å². The first-order valence-electron chi connectivity index (χ1n) is 7.68. The fourth-order valence-electron chi connectivity index (χ4n) is 2.98. The van der Waals surface area contributed by atoms with Crippen molar-refractivity contribution in [1.82, 2.24) is 5.32 Å². The lowest BCUT2D eigenvalue weighted by molar-refractivity contribution is -0.143. The molecule has 6 heteroatoms. The summed E-state index contributed by atoms with van der Waals surface area (Å²) in [4.78, 5) is 11.5. The monoisotopic (exact) mass is 340 g/mol. The third-order valence-corrected chi connectivity index (χ3v) is 4.16. The van der Waals surface area contributed by atoms with Gasteiger partial charge in [0.25, 0.3) is 0 Å². The smallest absolute Gasteiger partial charge is 0.306 e. The van der Waals surface area contributed by atoms with Crippen LogP contribution in [-0.4, -0.2) is 25.7 Å². The van der Waals surface area contributed by atoms with Crippen molar-refractivity contribution in [3.63, 3.8) is 0 Å². The van der Waals surface area contributed by atoms with Crippen LogP contribution < -0.4 is 5.32 Å². The SMILES string of the molecule is CCOC(=O)CCc1ccc(F)cc1C1(C#N)CCNCC1.Cl. The van der Waals surface area contributed by atoms with E-state index < -0.39 is 5.41 Å². The van der Waals surface area contributed by atoms with Crippen LogP contribution in [0.25, 0.3) is 0 Å². The van der Waals surface area contributed by atoms with E-state index in [0.717, 1.165) is 24.2 Å². The zero-order valence-corrected chi connectivity index (χ0v) is 14.0. The number of ether oxygens (including phenoxy) is 1. The molecule has 23 heavy (non-hydrogen) atoms. The van der Waals surface area contributed by atoms with Gasteiger partial charge in [0.15, 0.2) is 0 Å². The Morgan fingerprint density at radius 2 is 2.13 bits per heavy atom. The van der Waals surface area contributed by atoms with E-state index in [-0.39, 0.29) is 30.6 Å². The summed E-state index contributed by atoms with van der Waals surface area (Å²) in [7, 11) is 0. The molecule has 1 N–H and O–H groups in total. The van der Waals surface area contributed by atoms with Crippen molar-refractivity contribution >= 4 is 18.4 Å². The van der Waals surface area contributed by atoms with Gasteiger partial charge in [0.2, 0.25) is 0 Å². The largest absolute Gasteiger partial charge is 0.466 e. The summed E-state index contributed by atoms with van der Waals surface area (Å²) in [5.41, 5.74) is 0.913. The number of nitrogens with zero attached hydrogens (tertiary/aromatic N) is 1. The van der Waals surface area contributed by atoms with Gasteiger partial charge >= 0.3 is 5.97 Å². The van der Waals surface area contributed by atoms with Crippen LogP contribution in [0.4, 0.5) is 4.39 Å². The van der Waals surface area contributed by atoms with Crippen LogP contribution in [0.1, 0.15) is 37.3 Å². The highest BCUT2D eigenvalue weighted by Gasteiger charge is 2.36.